The van der Waals surface area contributed by atoms with Gasteiger partial charge in [0.25, 0.3) is 0 Å². The molecule has 3 saturated heterocycles. The van der Waals surface area contributed by atoms with Crippen molar-refractivity contribution in [2.75, 3.05) is 23.3 Å². The predicted octanol–water partition coefficient (Wildman–Crippen LogP) is 3.29. The summed E-state index contributed by atoms with van der Waals surface area (Å²) in [5, 5.41) is 12.2. The second-order valence-corrected chi connectivity index (χ2v) is 7.75. The lowest BCUT2D eigenvalue weighted by Gasteiger charge is -2.54. The summed E-state index contributed by atoms with van der Waals surface area (Å²) in [7, 11) is 0. The molecule has 26 heavy (non-hydrogen) atoms. The van der Waals surface area contributed by atoms with Gasteiger partial charge in [-0.15, -0.1) is 0 Å². The number of hydrogen-bond donors (Lipinski definition) is 2. The van der Waals surface area contributed by atoms with Crippen LogP contribution in [0, 0.1) is 5.92 Å². The lowest BCUT2D eigenvalue weighted by molar-refractivity contribution is -0.137. The monoisotopic (exact) mass is 369 g/mol. The van der Waals surface area contributed by atoms with E-state index in [0.29, 0.717) is 11.6 Å². The van der Waals surface area contributed by atoms with Crippen molar-refractivity contribution in [1.29, 1.82) is 0 Å². The number of amides is 2. The van der Waals surface area contributed by atoms with Crippen molar-refractivity contribution < 1.29 is 23.1 Å². The van der Waals surface area contributed by atoms with Crippen LogP contribution in [-0.2, 0) is 6.18 Å². The molecular weight excluding hydrogens is 347 g/mol. The Labute approximate surface area is 149 Å². The number of aliphatic hydroxyl groups is 1. The van der Waals surface area contributed by atoms with E-state index in [9.17, 15) is 23.1 Å². The summed E-state index contributed by atoms with van der Waals surface area (Å²) >= 11 is 0. The van der Waals surface area contributed by atoms with Crippen LogP contribution >= 0.6 is 0 Å². The number of hydrogen-bond acceptors (Lipinski definition) is 3. The van der Waals surface area contributed by atoms with Crippen molar-refractivity contribution in [2.45, 2.75) is 50.6 Å². The van der Waals surface area contributed by atoms with Gasteiger partial charge in [-0.2, -0.15) is 13.2 Å². The van der Waals surface area contributed by atoms with Crippen LogP contribution in [0.15, 0.2) is 18.2 Å². The highest BCUT2D eigenvalue weighted by Gasteiger charge is 2.46. The van der Waals surface area contributed by atoms with Crippen molar-refractivity contribution in [2.24, 2.45) is 5.92 Å². The Morgan fingerprint density at radius 3 is 2.42 bits per heavy atom. The van der Waals surface area contributed by atoms with Gasteiger partial charge in [0, 0.05) is 30.9 Å². The molecular formula is C18H22F3N3O2. The Balaban J connectivity index is 1.52. The molecule has 1 aromatic rings. The highest BCUT2D eigenvalue weighted by molar-refractivity contribution is 5.91. The van der Waals surface area contributed by atoms with E-state index < -0.39 is 17.8 Å². The minimum atomic E-state index is -4.48. The van der Waals surface area contributed by atoms with Crippen molar-refractivity contribution in [3.8, 4) is 0 Å². The van der Waals surface area contributed by atoms with Crippen molar-refractivity contribution in [1.82, 2.24) is 4.90 Å². The van der Waals surface area contributed by atoms with Crippen LogP contribution in [0.4, 0.5) is 29.3 Å². The molecule has 8 heteroatoms. The van der Waals surface area contributed by atoms with E-state index >= 15 is 0 Å². The molecule has 0 aromatic heterocycles. The van der Waals surface area contributed by atoms with E-state index in [1.165, 1.54) is 17.0 Å². The number of urea groups is 1. The van der Waals surface area contributed by atoms with E-state index in [1.54, 1.807) is 0 Å². The van der Waals surface area contributed by atoms with Gasteiger partial charge in [-0.25, -0.2) is 4.79 Å². The van der Waals surface area contributed by atoms with Crippen molar-refractivity contribution >= 4 is 17.4 Å². The number of fused-ring (bicyclic) bond motifs is 2. The molecule has 1 aromatic carbocycles. The van der Waals surface area contributed by atoms with Crippen LogP contribution < -0.4 is 10.2 Å². The largest absolute Gasteiger partial charge is 0.418 e. The van der Waals surface area contributed by atoms with Gasteiger partial charge < -0.3 is 20.2 Å². The zero-order valence-electron chi connectivity index (χ0n) is 14.5. The average Bonchev–Trinajstić information content (AvgIpc) is 2.50. The molecule has 4 aliphatic rings. The molecule has 1 aliphatic carbocycles. The highest BCUT2D eigenvalue weighted by Crippen LogP contribution is 2.42. The molecule has 5 nitrogen and oxygen atoms in total. The van der Waals surface area contributed by atoms with Crippen LogP contribution in [0.2, 0.25) is 0 Å². The Kier molecular flexibility index (Phi) is 4.06. The number of nitrogens with one attached hydrogen (secondary N) is 1. The summed E-state index contributed by atoms with van der Waals surface area (Å²) in [6.07, 6.45) is -2.12. The number of anilines is 2. The number of carbonyl (C=O) groups is 1. The number of alkyl halides is 3. The Hall–Kier alpha value is -1.96. The van der Waals surface area contributed by atoms with Crippen LogP contribution in [0.25, 0.3) is 0 Å². The Morgan fingerprint density at radius 2 is 1.85 bits per heavy atom. The third kappa shape index (κ3) is 3.00. The standard InChI is InChI=1S/C18H22F3N3O2/c1-10-4-12-7-13(5-10)24(12)17(26)22-11-2-3-15(18(19,20)21)16(6-11)23-8-14(25)9-23/h2-3,6,10,12-14,25H,4-5,7-9H2,1H3,(H,22,26). The molecule has 2 unspecified atom stereocenters. The molecule has 3 aliphatic heterocycles. The second-order valence-electron chi connectivity index (χ2n) is 7.75. The smallest absolute Gasteiger partial charge is 0.389 e. The molecule has 5 rings (SSSR count). The second kappa shape index (κ2) is 6.04. The fourth-order valence-corrected chi connectivity index (χ4v) is 4.43. The predicted molar refractivity (Wildman–Crippen MR) is 91.1 cm³/mol. The van der Waals surface area contributed by atoms with Crippen molar-refractivity contribution in [3.63, 3.8) is 0 Å². The summed E-state index contributed by atoms with van der Waals surface area (Å²) in [5.41, 5.74) is -0.410. The van der Waals surface area contributed by atoms with Gasteiger partial charge in [-0.1, -0.05) is 6.92 Å². The number of aliphatic hydroxyl groups excluding tert-OH is 1. The Bertz CT molecular complexity index is 706. The van der Waals surface area contributed by atoms with Crippen LogP contribution in [0.1, 0.15) is 31.7 Å². The SMILES string of the molecule is CC1CC2CC(C1)N2C(=O)Nc1ccc(C(F)(F)F)c(N2CC(O)C2)c1. The fourth-order valence-electron chi connectivity index (χ4n) is 4.43. The maximum atomic E-state index is 13.3. The van der Waals surface area contributed by atoms with Gasteiger partial charge in [0.1, 0.15) is 0 Å². The number of piperidine rings is 1. The molecule has 2 amide bonds. The topological polar surface area (TPSA) is 55.8 Å². The first-order chi connectivity index (χ1) is 12.2. The number of rotatable bonds is 2. The molecule has 142 valence electrons. The number of carbonyl (C=O) groups excluding carboxylic acids is 1. The number of halogens is 3. The van der Waals surface area contributed by atoms with Gasteiger partial charge in [0.05, 0.1) is 17.4 Å². The molecule has 2 N–H and O–H groups in total. The quantitative estimate of drug-likeness (QED) is 0.841. The first-order valence-electron chi connectivity index (χ1n) is 8.96. The normalized spacial score (nSPS) is 28.4. The first kappa shape index (κ1) is 17.5. The van der Waals surface area contributed by atoms with Gasteiger partial charge in [-0.05, 0) is 43.4 Å². The average molecular weight is 369 g/mol. The molecule has 2 atom stereocenters. The van der Waals surface area contributed by atoms with Gasteiger partial charge in [0.15, 0.2) is 0 Å². The molecule has 3 heterocycles. The molecule has 1 saturated carbocycles. The molecule has 0 spiro atoms. The Morgan fingerprint density at radius 1 is 1.19 bits per heavy atom. The molecule has 4 fully saturated rings. The number of benzene rings is 1. The summed E-state index contributed by atoms with van der Waals surface area (Å²) < 4.78 is 39.8. The van der Waals surface area contributed by atoms with E-state index in [0.717, 1.165) is 25.3 Å². The van der Waals surface area contributed by atoms with Crippen LogP contribution in [0.5, 0.6) is 0 Å². The summed E-state index contributed by atoms with van der Waals surface area (Å²) in [5.74, 6) is 0.610. The molecule has 0 radical (unpaired) electrons. The maximum Gasteiger partial charge on any atom is 0.418 e. The minimum absolute atomic E-state index is 0.00183. The lowest BCUT2D eigenvalue weighted by atomic mass is 9.74. The highest BCUT2D eigenvalue weighted by atomic mass is 19.4. The van der Waals surface area contributed by atoms with E-state index in [1.807, 2.05) is 4.90 Å². The van der Waals surface area contributed by atoms with Crippen molar-refractivity contribution in [3.05, 3.63) is 23.8 Å². The van der Waals surface area contributed by atoms with E-state index in [4.69, 9.17) is 0 Å². The zero-order chi connectivity index (χ0) is 18.6. The number of β-amino-alcohol motifs (C(OH)–C–C–N with tert-alkyl or cyclic N) is 1. The zero-order valence-corrected chi connectivity index (χ0v) is 14.5. The lowest BCUT2D eigenvalue weighted by Crippen LogP contribution is -2.63. The van der Waals surface area contributed by atoms with Crippen LogP contribution in [0.3, 0.4) is 0 Å². The van der Waals surface area contributed by atoms with Gasteiger partial charge in [-0.3, -0.25) is 0 Å². The number of nitrogens with zero attached hydrogens (tertiary/aromatic N) is 2. The summed E-state index contributed by atoms with van der Waals surface area (Å²) in [4.78, 5) is 15.9. The van der Waals surface area contributed by atoms with Crippen LogP contribution in [-0.4, -0.2) is 47.3 Å². The first-order valence-corrected chi connectivity index (χ1v) is 8.96. The summed E-state index contributed by atoms with van der Waals surface area (Å²) in [6.45, 7) is 2.50. The van der Waals surface area contributed by atoms with E-state index in [2.05, 4.69) is 12.2 Å². The third-order valence-electron chi connectivity index (χ3n) is 5.67. The van der Waals surface area contributed by atoms with Gasteiger partial charge in [0.2, 0.25) is 0 Å². The summed E-state index contributed by atoms with van der Waals surface area (Å²) in [6, 6.07) is 3.87. The molecule has 2 bridgehead atoms. The maximum absolute atomic E-state index is 13.3. The van der Waals surface area contributed by atoms with E-state index in [-0.39, 0.29) is 36.9 Å². The minimum Gasteiger partial charge on any atom is -0.389 e. The van der Waals surface area contributed by atoms with Gasteiger partial charge >= 0.3 is 12.2 Å². The third-order valence-corrected chi connectivity index (χ3v) is 5.67. The fraction of sp³-hybridized carbons (Fsp3) is 0.611.